The molecule has 0 saturated heterocycles. The van der Waals surface area contributed by atoms with Gasteiger partial charge in [-0.1, -0.05) is 67.6 Å². The fourth-order valence-corrected chi connectivity index (χ4v) is 4.73. The third-order valence-corrected chi connectivity index (χ3v) is 6.53. The van der Waals surface area contributed by atoms with E-state index in [4.69, 9.17) is 0 Å². The normalized spacial score (nSPS) is 11.7. The number of nitrogens with zero attached hydrogens (tertiary/aromatic N) is 3. The number of nitrogens with one attached hydrogen (secondary N) is 1. The molecule has 0 fully saturated rings. The molecule has 182 valence electrons. The quantitative estimate of drug-likeness (QED) is 0.327. The molecule has 36 heavy (non-hydrogen) atoms. The van der Waals surface area contributed by atoms with Gasteiger partial charge in [0, 0.05) is 35.7 Å². The van der Waals surface area contributed by atoms with Gasteiger partial charge in [0.2, 0.25) is 0 Å². The van der Waals surface area contributed by atoms with Crippen molar-refractivity contribution in [3.63, 3.8) is 0 Å². The molecule has 2 N–H and O–H groups in total. The minimum Gasteiger partial charge on any atom is -0.376 e. The highest BCUT2D eigenvalue weighted by Gasteiger charge is 2.37. The Kier molecular flexibility index (Phi) is 6.16. The van der Waals surface area contributed by atoms with Gasteiger partial charge in [-0.3, -0.25) is 9.48 Å². The number of carbonyl (C=O) groups is 1. The Bertz CT molecular complexity index is 1480. The van der Waals surface area contributed by atoms with Gasteiger partial charge in [-0.2, -0.15) is 5.10 Å². The molecule has 0 unspecified atom stereocenters. The van der Waals surface area contributed by atoms with Gasteiger partial charge in [0.1, 0.15) is 11.4 Å². The Labute approximate surface area is 208 Å². The molecule has 3 heterocycles. The number of rotatable bonds is 7. The Hall–Kier alpha value is -4.23. The van der Waals surface area contributed by atoms with E-state index in [1.54, 1.807) is 21.3 Å². The zero-order valence-corrected chi connectivity index (χ0v) is 20.1. The van der Waals surface area contributed by atoms with Crippen LogP contribution in [0.5, 0.6) is 0 Å². The molecule has 0 aliphatic rings. The molecule has 0 radical (unpaired) electrons. The second-order valence-corrected chi connectivity index (χ2v) is 8.67. The van der Waals surface area contributed by atoms with Crippen molar-refractivity contribution in [3.05, 3.63) is 125 Å². The van der Waals surface area contributed by atoms with E-state index in [-0.39, 0.29) is 5.56 Å². The minimum atomic E-state index is -1.46. The van der Waals surface area contributed by atoms with Crippen LogP contribution in [0, 0.1) is 5.82 Å². The zero-order valence-electron chi connectivity index (χ0n) is 20.1. The van der Waals surface area contributed by atoms with Crippen LogP contribution < -0.4 is 5.32 Å². The van der Waals surface area contributed by atoms with Gasteiger partial charge in [0.05, 0.1) is 17.4 Å². The predicted molar refractivity (Wildman–Crippen MR) is 138 cm³/mol. The molecule has 1 amide bonds. The molecule has 0 aliphatic carbocycles. The summed E-state index contributed by atoms with van der Waals surface area (Å²) in [6.45, 7) is 4.58. The van der Waals surface area contributed by atoms with Crippen LogP contribution in [-0.4, -0.2) is 25.2 Å². The summed E-state index contributed by atoms with van der Waals surface area (Å²) in [5.74, 6) is -1.21. The Morgan fingerprint density at radius 2 is 1.64 bits per heavy atom. The monoisotopic (exact) mass is 482 g/mol. The van der Waals surface area contributed by atoms with Crippen molar-refractivity contribution < 1.29 is 14.3 Å². The Morgan fingerprint density at radius 3 is 2.19 bits per heavy atom. The van der Waals surface area contributed by atoms with Gasteiger partial charge in [-0.15, -0.1) is 0 Å². The average Bonchev–Trinajstić information content (AvgIpc) is 3.52. The van der Waals surface area contributed by atoms with E-state index < -0.39 is 17.3 Å². The molecule has 0 atom stereocenters. The van der Waals surface area contributed by atoms with Gasteiger partial charge in [-0.05, 0) is 36.6 Å². The summed E-state index contributed by atoms with van der Waals surface area (Å²) < 4.78 is 18.6. The Balaban J connectivity index is 1.65. The number of aromatic nitrogens is 3. The lowest BCUT2D eigenvalue weighted by Gasteiger charge is -2.30. The maximum absolute atomic E-state index is 15.2. The van der Waals surface area contributed by atoms with Crippen molar-refractivity contribution in [2.24, 2.45) is 0 Å². The fourth-order valence-electron chi connectivity index (χ4n) is 4.73. The number of carbonyl (C=O) groups excluding carboxylic acids is 1. The van der Waals surface area contributed by atoms with Crippen molar-refractivity contribution in [1.82, 2.24) is 14.2 Å². The molecule has 0 saturated carbocycles. The number of halogens is 1. The summed E-state index contributed by atoms with van der Waals surface area (Å²) in [5.41, 5.74) is 2.32. The molecule has 6 nitrogen and oxygen atoms in total. The predicted octanol–water partition coefficient (Wildman–Crippen LogP) is 5.39. The van der Waals surface area contributed by atoms with E-state index >= 15 is 4.39 Å². The number of aliphatic hydroxyl groups is 1. The zero-order chi connectivity index (χ0) is 25.3. The number of hydrogen-bond donors (Lipinski definition) is 2. The molecular formula is C29H27FN4O2. The van der Waals surface area contributed by atoms with Crippen LogP contribution in [0.4, 0.5) is 10.1 Å². The van der Waals surface area contributed by atoms with E-state index in [0.717, 1.165) is 5.69 Å². The number of anilines is 1. The highest BCUT2D eigenvalue weighted by atomic mass is 19.1. The standard InChI is InChI=1S/C29H27FN4O2/c1-3-27-25(29(36,20-11-7-5-8-12-20)21-13-9-6-10-14-21)15-23-16-26(30)24(19-34(23)27)28(35)32-22-17-31-33(4-2)18-22/h5-19,36H,3-4H2,1-2H3,(H,32,35). The summed E-state index contributed by atoms with van der Waals surface area (Å²) in [6.07, 6.45) is 5.28. The van der Waals surface area contributed by atoms with Gasteiger partial charge in [-0.25, -0.2) is 4.39 Å². The van der Waals surface area contributed by atoms with Gasteiger partial charge in [0.25, 0.3) is 5.91 Å². The van der Waals surface area contributed by atoms with Crippen LogP contribution in [-0.2, 0) is 18.6 Å². The average molecular weight is 483 g/mol. The highest BCUT2D eigenvalue weighted by Crippen LogP contribution is 2.40. The van der Waals surface area contributed by atoms with E-state index in [1.165, 1.54) is 18.5 Å². The molecule has 5 aromatic rings. The number of fused-ring (bicyclic) bond motifs is 1. The van der Waals surface area contributed by atoms with Crippen molar-refractivity contribution in [1.29, 1.82) is 0 Å². The molecule has 5 rings (SSSR count). The van der Waals surface area contributed by atoms with Crippen LogP contribution in [0.15, 0.2) is 91.4 Å². The van der Waals surface area contributed by atoms with Crippen LogP contribution in [0.3, 0.4) is 0 Å². The number of amides is 1. The molecule has 2 aromatic carbocycles. The maximum atomic E-state index is 15.2. The summed E-state index contributed by atoms with van der Waals surface area (Å²) in [4.78, 5) is 13.0. The van der Waals surface area contributed by atoms with E-state index in [9.17, 15) is 9.90 Å². The second kappa shape index (κ2) is 9.43. The second-order valence-electron chi connectivity index (χ2n) is 8.67. The van der Waals surface area contributed by atoms with Gasteiger partial charge >= 0.3 is 0 Å². The third kappa shape index (κ3) is 3.97. The van der Waals surface area contributed by atoms with Crippen molar-refractivity contribution in [3.8, 4) is 0 Å². The molecule has 7 heteroatoms. The van der Waals surface area contributed by atoms with Crippen molar-refractivity contribution in [2.75, 3.05) is 5.32 Å². The summed E-state index contributed by atoms with van der Waals surface area (Å²) in [6, 6.07) is 22.0. The highest BCUT2D eigenvalue weighted by molar-refractivity contribution is 6.04. The SMILES string of the molecule is CCc1c(C(O)(c2ccccc2)c2ccccc2)cc2cc(F)c(C(=O)Nc3cnn(CC)c3)cn12. The molecule has 3 aromatic heterocycles. The largest absolute Gasteiger partial charge is 0.376 e. The Morgan fingerprint density at radius 1 is 1.00 bits per heavy atom. The van der Waals surface area contributed by atoms with E-state index in [1.807, 2.05) is 74.5 Å². The topological polar surface area (TPSA) is 71.6 Å². The third-order valence-electron chi connectivity index (χ3n) is 6.53. The number of pyridine rings is 1. The first-order chi connectivity index (χ1) is 17.5. The summed E-state index contributed by atoms with van der Waals surface area (Å²) in [7, 11) is 0. The lowest BCUT2D eigenvalue weighted by Crippen LogP contribution is -2.29. The lowest BCUT2D eigenvalue weighted by molar-refractivity contribution is 0.102. The number of aryl methyl sites for hydroxylation is 2. The fraction of sp³-hybridized carbons (Fsp3) is 0.172. The summed E-state index contributed by atoms with van der Waals surface area (Å²) >= 11 is 0. The first-order valence-electron chi connectivity index (χ1n) is 12.0. The molecule has 0 aliphatic heterocycles. The smallest absolute Gasteiger partial charge is 0.260 e. The number of benzene rings is 2. The maximum Gasteiger partial charge on any atom is 0.260 e. The van der Waals surface area contributed by atoms with E-state index in [2.05, 4.69) is 10.4 Å². The van der Waals surface area contributed by atoms with Crippen LogP contribution in [0.2, 0.25) is 0 Å². The van der Waals surface area contributed by atoms with E-state index in [0.29, 0.717) is 40.9 Å². The van der Waals surface area contributed by atoms with Crippen LogP contribution >= 0.6 is 0 Å². The van der Waals surface area contributed by atoms with Crippen LogP contribution in [0.1, 0.15) is 46.6 Å². The lowest BCUT2D eigenvalue weighted by atomic mass is 9.80. The van der Waals surface area contributed by atoms with Gasteiger partial charge < -0.3 is 14.8 Å². The molecule has 0 bridgehead atoms. The molecular weight excluding hydrogens is 455 g/mol. The minimum absolute atomic E-state index is 0.0911. The van der Waals surface area contributed by atoms with Crippen molar-refractivity contribution in [2.45, 2.75) is 32.4 Å². The van der Waals surface area contributed by atoms with Gasteiger partial charge in [0.15, 0.2) is 0 Å². The first-order valence-corrected chi connectivity index (χ1v) is 12.0. The van der Waals surface area contributed by atoms with Crippen molar-refractivity contribution >= 4 is 17.1 Å². The number of hydrogen-bond acceptors (Lipinski definition) is 3. The summed E-state index contributed by atoms with van der Waals surface area (Å²) in [5, 5.41) is 19.2. The first kappa shape index (κ1) is 23.5. The van der Waals surface area contributed by atoms with Crippen LogP contribution in [0.25, 0.3) is 5.52 Å². The molecule has 0 spiro atoms.